The zero-order valence-corrected chi connectivity index (χ0v) is 17.3. The highest BCUT2D eigenvalue weighted by atomic mass is 32.1. The lowest BCUT2D eigenvalue weighted by molar-refractivity contribution is 0.578. The maximum absolute atomic E-state index is 4.95. The lowest BCUT2D eigenvalue weighted by Crippen LogP contribution is -2.29. The average Bonchev–Trinajstić information content (AvgIpc) is 3.48. The summed E-state index contributed by atoms with van der Waals surface area (Å²) in [5.41, 5.74) is 5.92. The average molecular weight is 403 g/mol. The Morgan fingerprint density at radius 2 is 1.29 bits per heavy atom. The van der Waals surface area contributed by atoms with Crippen molar-refractivity contribution in [2.45, 2.75) is 19.3 Å². The van der Waals surface area contributed by atoms with Gasteiger partial charge in [-0.15, -0.1) is 22.7 Å². The van der Waals surface area contributed by atoms with E-state index in [1.54, 1.807) is 22.7 Å². The predicted molar refractivity (Wildman–Crippen MR) is 122 cm³/mol. The summed E-state index contributed by atoms with van der Waals surface area (Å²) >= 11 is 3.48. The van der Waals surface area contributed by atoms with E-state index in [0.29, 0.717) is 0 Å². The number of benzene rings is 1. The second-order valence-electron chi connectivity index (χ2n) is 7.18. The van der Waals surface area contributed by atoms with E-state index in [1.807, 2.05) is 0 Å². The van der Waals surface area contributed by atoms with Gasteiger partial charge in [0.25, 0.3) is 0 Å². The minimum Gasteiger partial charge on any atom is -0.372 e. The van der Waals surface area contributed by atoms with Crippen LogP contribution in [-0.2, 0) is 0 Å². The van der Waals surface area contributed by atoms with Gasteiger partial charge in [0.2, 0.25) is 0 Å². The normalized spacial score (nSPS) is 14.4. The Bertz CT molecular complexity index is 976. The molecule has 5 rings (SSSR count). The van der Waals surface area contributed by atoms with Crippen LogP contribution in [0.4, 0.5) is 5.69 Å². The Hall–Kier alpha value is -2.43. The fourth-order valence-corrected chi connectivity index (χ4v) is 5.19. The first kappa shape index (κ1) is 17.7. The largest absolute Gasteiger partial charge is 0.372 e. The summed E-state index contributed by atoms with van der Waals surface area (Å²) in [6.45, 7) is 2.36. The molecule has 0 unspecified atom stereocenters. The molecule has 0 atom stereocenters. The van der Waals surface area contributed by atoms with Crippen molar-refractivity contribution in [3.8, 4) is 32.3 Å². The van der Waals surface area contributed by atoms with E-state index in [9.17, 15) is 0 Å². The van der Waals surface area contributed by atoms with Crippen LogP contribution < -0.4 is 4.90 Å². The number of aromatic nitrogens is 1. The van der Waals surface area contributed by atoms with Gasteiger partial charge >= 0.3 is 0 Å². The summed E-state index contributed by atoms with van der Waals surface area (Å²) < 4.78 is 0. The summed E-state index contributed by atoms with van der Waals surface area (Å²) in [5.74, 6) is 0. The van der Waals surface area contributed by atoms with Crippen molar-refractivity contribution in [1.29, 1.82) is 0 Å². The number of thiophene rings is 2. The number of nitrogens with zero attached hydrogens (tertiary/aromatic N) is 2. The summed E-state index contributed by atoms with van der Waals surface area (Å²) in [7, 11) is 0. The first-order valence-electron chi connectivity index (χ1n) is 9.82. The molecule has 0 radical (unpaired) electrons. The molecule has 0 amide bonds. The minimum atomic E-state index is 1.05. The number of rotatable bonds is 4. The quantitative estimate of drug-likeness (QED) is 0.359. The molecular formula is C24H22N2S2. The molecule has 0 saturated carbocycles. The zero-order valence-electron chi connectivity index (χ0n) is 15.7. The van der Waals surface area contributed by atoms with Gasteiger partial charge in [0.15, 0.2) is 0 Å². The van der Waals surface area contributed by atoms with Crippen molar-refractivity contribution < 1.29 is 0 Å². The lowest BCUT2D eigenvalue weighted by atomic mass is 10.0. The van der Waals surface area contributed by atoms with Crippen LogP contribution in [0.3, 0.4) is 0 Å². The van der Waals surface area contributed by atoms with Crippen LogP contribution >= 0.6 is 22.7 Å². The van der Waals surface area contributed by atoms with Crippen molar-refractivity contribution in [3.05, 3.63) is 71.4 Å². The number of hydrogen-bond acceptors (Lipinski definition) is 4. The van der Waals surface area contributed by atoms with E-state index in [1.165, 1.54) is 58.9 Å². The maximum atomic E-state index is 4.95. The highest BCUT2D eigenvalue weighted by molar-refractivity contribution is 7.13. The highest BCUT2D eigenvalue weighted by Crippen LogP contribution is 2.34. The molecule has 1 saturated heterocycles. The van der Waals surface area contributed by atoms with Crippen molar-refractivity contribution in [3.63, 3.8) is 0 Å². The zero-order chi connectivity index (χ0) is 18.8. The highest BCUT2D eigenvalue weighted by Gasteiger charge is 2.13. The summed E-state index contributed by atoms with van der Waals surface area (Å²) in [5, 5.41) is 4.23. The lowest BCUT2D eigenvalue weighted by Gasteiger charge is -2.28. The van der Waals surface area contributed by atoms with Crippen LogP contribution in [0.2, 0.25) is 0 Å². The molecule has 140 valence electrons. The van der Waals surface area contributed by atoms with Crippen LogP contribution in [0.25, 0.3) is 32.3 Å². The van der Waals surface area contributed by atoms with Gasteiger partial charge in [-0.3, -0.25) is 0 Å². The van der Waals surface area contributed by atoms with Gasteiger partial charge in [-0.2, -0.15) is 0 Å². The number of hydrogen-bond donors (Lipinski definition) is 0. The van der Waals surface area contributed by atoms with Gasteiger partial charge in [0, 0.05) is 18.8 Å². The third-order valence-corrected chi connectivity index (χ3v) is 7.08. The molecule has 1 aliphatic rings. The molecule has 28 heavy (non-hydrogen) atoms. The van der Waals surface area contributed by atoms with Crippen molar-refractivity contribution >= 4 is 28.4 Å². The molecule has 4 aromatic rings. The third-order valence-electron chi connectivity index (χ3n) is 5.29. The fraction of sp³-hybridized carbons (Fsp3) is 0.208. The summed E-state index contributed by atoms with van der Waals surface area (Å²) in [4.78, 5) is 9.88. The molecule has 2 nitrogen and oxygen atoms in total. The third kappa shape index (κ3) is 3.62. The molecule has 0 aliphatic carbocycles. The molecule has 4 heteroatoms. The molecule has 0 spiro atoms. The van der Waals surface area contributed by atoms with Gasteiger partial charge in [-0.1, -0.05) is 24.3 Å². The van der Waals surface area contributed by atoms with E-state index in [0.717, 1.165) is 11.4 Å². The van der Waals surface area contributed by atoms with Crippen LogP contribution in [0, 0.1) is 0 Å². The molecule has 1 aromatic carbocycles. The van der Waals surface area contributed by atoms with Gasteiger partial charge < -0.3 is 4.90 Å². The Kier molecular flexibility index (Phi) is 4.98. The van der Waals surface area contributed by atoms with Gasteiger partial charge in [0.05, 0.1) is 21.1 Å². The van der Waals surface area contributed by atoms with Crippen molar-refractivity contribution in [2.24, 2.45) is 0 Å². The minimum absolute atomic E-state index is 1.05. The van der Waals surface area contributed by atoms with Crippen molar-refractivity contribution in [1.82, 2.24) is 4.98 Å². The second-order valence-corrected chi connectivity index (χ2v) is 9.07. The van der Waals surface area contributed by atoms with Gasteiger partial charge in [0.1, 0.15) is 0 Å². The molecular weight excluding hydrogens is 380 g/mol. The van der Waals surface area contributed by atoms with Gasteiger partial charge in [-0.05, 0) is 77.5 Å². The first-order chi connectivity index (χ1) is 13.9. The number of piperidine rings is 1. The molecule has 0 bridgehead atoms. The number of anilines is 1. The van der Waals surface area contributed by atoms with Gasteiger partial charge in [-0.25, -0.2) is 4.98 Å². The first-order valence-corrected chi connectivity index (χ1v) is 11.6. The van der Waals surface area contributed by atoms with E-state index in [4.69, 9.17) is 4.98 Å². The Balaban J connectivity index is 1.53. The van der Waals surface area contributed by atoms with Crippen LogP contribution in [-0.4, -0.2) is 18.1 Å². The monoisotopic (exact) mass is 402 g/mol. The van der Waals surface area contributed by atoms with E-state index >= 15 is 0 Å². The van der Waals surface area contributed by atoms with Crippen LogP contribution in [0.5, 0.6) is 0 Å². The van der Waals surface area contributed by atoms with Crippen LogP contribution in [0.1, 0.15) is 19.3 Å². The van der Waals surface area contributed by atoms with E-state index in [2.05, 4.69) is 76.3 Å². The SMILES string of the molecule is c1csc(-c2cc(-c3ccc(N4CCCCC4)cc3)cc(-c3cccs3)n2)c1. The van der Waals surface area contributed by atoms with Crippen molar-refractivity contribution in [2.75, 3.05) is 18.0 Å². The van der Waals surface area contributed by atoms with Crippen LogP contribution in [0.15, 0.2) is 71.4 Å². The Labute approximate surface area is 174 Å². The standard InChI is InChI=1S/C24H22N2S2/c1-2-12-26(13-3-1)20-10-8-18(9-11-20)19-16-21(23-6-4-14-27-23)25-22(17-19)24-7-5-15-28-24/h4-11,14-17H,1-3,12-13H2. The summed E-state index contributed by atoms with van der Waals surface area (Å²) in [6, 6.07) is 22.0. The maximum Gasteiger partial charge on any atom is 0.0815 e. The topological polar surface area (TPSA) is 16.1 Å². The fourth-order valence-electron chi connectivity index (χ4n) is 3.82. The predicted octanol–water partition coefficient (Wildman–Crippen LogP) is 7.20. The molecule has 0 N–H and O–H groups in total. The molecule has 4 heterocycles. The van der Waals surface area contributed by atoms with E-state index in [-0.39, 0.29) is 0 Å². The smallest absolute Gasteiger partial charge is 0.0815 e. The summed E-state index contributed by atoms with van der Waals surface area (Å²) in [6.07, 6.45) is 3.98. The molecule has 1 aliphatic heterocycles. The van der Waals surface area contributed by atoms with E-state index < -0.39 is 0 Å². The molecule has 1 fully saturated rings. The number of pyridine rings is 1. The molecule has 3 aromatic heterocycles. The Morgan fingerprint density at radius 3 is 1.82 bits per heavy atom. The Morgan fingerprint density at radius 1 is 0.679 bits per heavy atom. The second kappa shape index (κ2) is 7.90.